The van der Waals surface area contributed by atoms with Gasteiger partial charge in [0.15, 0.2) is 6.29 Å². The van der Waals surface area contributed by atoms with Gasteiger partial charge in [-0.15, -0.1) is 0 Å². The second-order valence-corrected chi connectivity index (χ2v) is 6.49. The van der Waals surface area contributed by atoms with E-state index in [1.165, 1.54) is 0 Å². The van der Waals surface area contributed by atoms with Crippen molar-refractivity contribution in [2.75, 3.05) is 19.8 Å². The Bertz CT molecular complexity index is 748. The Morgan fingerprint density at radius 1 is 1.07 bits per heavy atom. The van der Waals surface area contributed by atoms with Gasteiger partial charge in [0.25, 0.3) is 0 Å². The van der Waals surface area contributed by atoms with Crippen molar-refractivity contribution in [3.63, 3.8) is 0 Å². The van der Waals surface area contributed by atoms with Gasteiger partial charge in [0, 0.05) is 12.1 Å². The molecule has 150 valence electrons. The maximum Gasteiger partial charge on any atom is 0.407 e. The van der Waals surface area contributed by atoms with Gasteiger partial charge in [-0.25, -0.2) is 4.79 Å². The minimum absolute atomic E-state index is 0.169. The highest BCUT2D eigenvalue weighted by Crippen LogP contribution is 2.31. The quantitative estimate of drug-likeness (QED) is 0.644. The lowest BCUT2D eigenvalue weighted by atomic mass is 9.96. The molecule has 1 fully saturated rings. The third-order valence-electron chi connectivity index (χ3n) is 4.48. The molecule has 3 N–H and O–H groups in total. The number of ether oxygens (including phenoxy) is 3. The normalized spacial score (nSPS) is 16.5. The molecule has 0 bridgehead atoms. The van der Waals surface area contributed by atoms with Crippen LogP contribution in [0.5, 0.6) is 0 Å². The van der Waals surface area contributed by atoms with Crippen molar-refractivity contribution in [2.45, 2.75) is 31.5 Å². The predicted octanol–water partition coefficient (Wildman–Crippen LogP) is 2.44. The Kier molecular flexibility index (Phi) is 7.39. The summed E-state index contributed by atoms with van der Waals surface area (Å²) in [6.07, 6.45) is -3.12. The number of hydrogen-bond donors (Lipinski definition) is 3. The molecule has 0 radical (unpaired) electrons. The Hall–Kier alpha value is -2.45. The van der Waals surface area contributed by atoms with Crippen LogP contribution < -0.4 is 5.32 Å². The van der Waals surface area contributed by atoms with E-state index in [1.54, 1.807) is 18.2 Å². The van der Waals surface area contributed by atoms with Gasteiger partial charge >= 0.3 is 6.09 Å². The van der Waals surface area contributed by atoms with Crippen LogP contribution in [0.2, 0.25) is 0 Å². The molecule has 28 heavy (non-hydrogen) atoms. The summed E-state index contributed by atoms with van der Waals surface area (Å²) in [4.78, 5) is 11.8. The number of aliphatic hydroxyl groups is 2. The first-order chi connectivity index (χ1) is 13.6. The molecule has 0 spiro atoms. The number of hydrogen-bond acceptors (Lipinski definition) is 6. The molecule has 0 aromatic heterocycles. The molecule has 1 heterocycles. The zero-order chi connectivity index (χ0) is 19.8. The van der Waals surface area contributed by atoms with E-state index in [9.17, 15) is 15.0 Å². The van der Waals surface area contributed by atoms with Crippen LogP contribution in [-0.2, 0) is 20.8 Å². The van der Waals surface area contributed by atoms with Crippen LogP contribution in [0, 0.1) is 0 Å². The average Bonchev–Trinajstić information content (AvgIpc) is 3.27. The lowest BCUT2D eigenvalue weighted by Gasteiger charge is -2.22. The Morgan fingerprint density at radius 3 is 2.50 bits per heavy atom. The highest BCUT2D eigenvalue weighted by Gasteiger charge is 2.27. The molecule has 1 aliphatic heterocycles. The molecule has 1 saturated heterocycles. The minimum atomic E-state index is -1.12. The molecule has 1 aliphatic rings. The van der Waals surface area contributed by atoms with Crippen LogP contribution in [0.25, 0.3) is 0 Å². The number of rotatable bonds is 8. The summed E-state index contributed by atoms with van der Waals surface area (Å²) in [6, 6.07) is 16.5. The van der Waals surface area contributed by atoms with E-state index >= 15 is 0 Å². The summed E-state index contributed by atoms with van der Waals surface area (Å²) >= 11 is 0. The van der Waals surface area contributed by atoms with Crippen molar-refractivity contribution in [1.82, 2.24) is 5.32 Å². The first-order valence-corrected chi connectivity index (χ1v) is 9.28. The monoisotopic (exact) mass is 387 g/mol. The lowest BCUT2D eigenvalue weighted by Crippen LogP contribution is -2.30. The van der Waals surface area contributed by atoms with Crippen molar-refractivity contribution in [3.8, 4) is 0 Å². The van der Waals surface area contributed by atoms with Crippen LogP contribution in [0.15, 0.2) is 54.6 Å². The maximum atomic E-state index is 11.8. The van der Waals surface area contributed by atoms with Crippen molar-refractivity contribution >= 4 is 6.09 Å². The Balaban J connectivity index is 1.46. The summed E-state index contributed by atoms with van der Waals surface area (Å²) in [5.41, 5.74) is 2.14. The minimum Gasteiger partial charge on any atom is -0.445 e. The first kappa shape index (κ1) is 20.3. The molecule has 0 saturated carbocycles. The van der Waals surface area contributed by atoms with Crippen molar-refractivity contribution in [1.29, 1.82) is 0 Å². The van der Waals surface area contributed by atoms with E-state index in [0.717, 1.165) is 5.56 Å². The van der Waals surface area contributed by atoms with Gasteiger partial charge in [-0.2, -0.15) is 0 Å². The topological polar surface area (TPSA) is 97.3 Å². The zero-order valence-corrected chi connectivity index (χ0v) is 15.5. The van der Waals surface area contributed by atoms with E-state index in [1.807, 2.05) is 36.4 Å². The number of aliphatic hydroxyl groups excluding tert-OH is 2. The number of carbonyl (C=O) groups is 1. The van der Waals surface area contributed by atoms with Crippen LogP contribution in [0.1, 0.15) is 35.5 Å². The van der Waals surface area contributed by atoms with E-state index < -0.39 is 24.6 Å². The second-order valence-electron chi connectivity index (χ2n) is 6.49. The van der Waals surface area contributed by atoms with Crippen LogP contribution in [-0.4, -0.2) is 42.2 Å². The summed E-state index contributed by atoms with van der Waals surface area (Å²) in [5.74, 6) is 0. The van der Waals surface area contributed by atoms with E-state index in [2.05, 4.69) is 5.32 Å². The van der Waals surface area contributed by atoms with Crippen molar-refractivity contribution < 1.29 is 29.2 Å². The highest BCUT2D eigenvalue weighted by molar-refractivity contribution is 5.67. The van der Waals surface area contributed by atoms with Crippen molar-refractivity contribution in [3.05, 3.63) is 71.3 Å². The Labute approximate surface area is 163 Å². The van der Waals surface area contributed by atoms with Gasteiger partial charge in [0.2, 0.25) is 0 Å². The lowest BCUT2D eigenvalue weighted by molar-refractivity contribution is -0.0487. The van der Waals surface area contributed by atoms with E-state index in [0.29, 0.717) is 24.3 Å². The van der Waals surface area contributed by atoms with E-state index in [4.69, 9.17) is 14.2 Å². The second kappa shape index (κ2) is 10.2. The molecule has 2 atom stereocenters. The summed E-state index contributed by atoms with van der Waals surface area (Å²) in [7, 11) is 0. The fraction of sp³-hybridized carbons (Fsp3) is 0.381. The molecule has 2 aromatic rings. The molecule has 7 nitrogen and oxygen atoms in total. The largest absolute Gasteiger partial charge is 0.445 e. The molecular formula is C21H25NO6. The zero-order valence-electron chi connectivity index (χ0n) is 15.5. The fourth-order valence-electron chi connectivity index (χ4n) is 2.99. The molecular weight excluding hydrogens is 362 g/mol. The molecule has 1 amide bonds. The van der Waals surface area contributed by atoms with Gasteiger partial charge in [0.05, 0.1) is 19.3 Å². The summed E-state index contributed by atoms with van der Waals surface area (Å²) < 4.78 is 16.1. The smallest absolute Gasteiger partial charge is 0.407 e. The van der Waals surface area contributed by atoms with Crippen LogP contribution in [0.4, 0.5) is 4.79 Å². The SMILES string of the molecule is O=C(NCCC(O)C(O)c1ccccc1C1OCCO1)OCc1ccccc1. The van der Waals surface area contributed by atoms with Gasteiger partial charge in [-0.1, -0.05) is 54.6 Å². The molecule has 0 aliphatic carbocycles. The van der Waals surface area contributed by atoms with Gasteiger partial charge in [-0.3, -0.25) is 0 Å². The fourth-order valence-corrected chi connectivity index (χ4v) is 2.99. The third kappa shape index (κ3) is 5.53. The average molecular weight is 387 g/mol. The molecule has 2 aromatic carbocycles. The number of alkyl carbamates (subject to hydrolysis) is 1. The number of amides is 1. The Morgan fingerprint density at radius 2 is 1.75 bits per heavy atom. The van der Waals surface area contributed by atoms with E-state index in [-0.39, 0.29) is 19.6 Å². The molecule has 2 unspecified atom stereocenters. The molecule has 3 rings (SSSR count). The van der Waals surface area contributed by atoms with Crippen molar-refractivity contribution in [2.24, 2.45) is 0 Å². The number of benzene rings is 2. The van der Waals surface area contributed by atoms with Gasteiger partial charge < -0.3 is 29.7 Å². The predicted molar refractivity (Wildman–Crippen MR) is 101 cm³/mol. The van der Waals surface area contributed by atoms with Crippen LogP contribution in [0.3, 0.4) is 0 Å². The summed E-state index contributed by atoms with van der Waals surface area (Å²) in [6.45, 7) is 1.33. The third-order valence-corrected chi connectivity index (χ3v) is 4.48. The van der Waals surface area contributed by atoms with Gasteiger partial charge in [-0.05, 0) is 17.5 Å². The maximum absolute atomic E-state index is 11.8. The first-order valence-electron chi connectivity index (χ1n) is 9.28. The highest BCUT2D eigenvalue weighted by atomic mass is 16.7. The summed E-state index contributed by atoms with van der Waals surface area (Å²) in [5, 5.41) is 23.5. The van der Waals surface area contributed by atoms with Gasteiger partial charge in [0.1, 0.15) is 12.7 Å². The number of nitrogens with one attached hydrogen (secondary N) is 1. The van der Waals surface area contributed by atoms with Crippen LogP contribution >= 0.6 is 0 Å². The standard InChI is InChI=1S/C21H25NO6/c23-18(10-11-22-21(25)28-14-15-6-2-1-3-7-15)19(24)16-8-4-5-9-17(16)20-26-12-13-27-20/h1-9,18-20,23-24H,10-14H2,(H,22,25). The number of carbonyl (C=O) groups excluding carboxylic acids is 1. The molecule has 7 heteroatoms.